The standard InChI is InChI=1S/C32H40N2O3/c1-19-8-7-9-24-15-21(3)22(4)30-28(16-23-18-33-27-11-6-5-10-26(23)27)34-31(37)32(24,30)29(36)17-25(35)13-12-20(2)14-19/h5-7,9-11,14-15,18-19,22,24-25,28,30,33,35H,8,12-13,16-17H2,1-4H3,(H,34,37). The average Bonchev–Trinajstić information content (AvgIpc) is 3.39. The monoisotopic (exact) mass is 500 g/mol. The molecule has 196 valence electrons. The van der Waals surface area contributed by atoms with E-state index < -0.39 is 11.5 Å². The first-order chi connectivity index (χ1) is 17.7. The van der Waals surface area contributed by atoms with Gasteiger partial charge in [-0.1, -0.05) is 67.5 Å². The first-order valence-electron chi connectivity index (χ1n) is 13.8. The quantitative estimate of drug-likeness (QED) is 0.367. The molecule has 1 aliphatic heterocycles. The zero-order chi connectivity index (χ0) is 26.3. The third-order valence-corrected chi connectivity index (χ3v) is 9.17. The average molecular weight is 501 g/mol. The molecular formula is C32H40N2O3. The van der Waals surface area contributed by atoms with Crippen molar-refractivity contribution in [2.24, 2.45) is 29.1 Å². The summed E-state index contributed by atoms with van der Waals surface area (Å²) in [5, 5.41) is 15.3. The van der Waals surface area contributed by atoms with E-state index in [1.54, 1.807) is 0 Å². The van der Waals surface area contributed by atoms with Gasteiger partial charge < -0.3 is 15.4 Å². The number of fused-ring (bicyclic) bond motifs is 1. The van der Waals surface area contributed by atoms with Crippen LogP contribution in [-0.4, -0.2) is 33.9 Å². The van der Waals surface area contributed by atoms with Crippen molar-refractivity contribution in [3.8, 4) is 0 Å². The third kappa shape index (κ3) is 4.52. The van der Waals surface area contributed by atoms with Crippen LogP contribution < -0.4 is 5.32 Å². The summed E-state index contributed by atoms with van der Waals surface area (Å²) < 4.78 is 0. The largest absolute Gasteiger partial charge is 0.393 e. The number of hydrogen-bond acceptors (Lipinski definition) is 3. The first kappa shape index (κ1) is 25.7. The highest BCUT2D eigenvalue weighted by molar-refractivity contribution is 6.09. The SMILES string of the molecule is CC1=CC(C)CC=CC2C=C(C)C(C)C3C(Cc4c[nH]c5ccccc45)NC(=O)C23C(=O)CC(O)CC1. The number of nitrogens with one attached hydrogen (secondary N) is 2. The molecule has 1 aromatic heterocycles. The van der Waals surface area contributed by atoms with Crippen LogP contribution in [0.5, 0.6) is 0 Å². The van der Waals surface area contributed by atoms with Gasteiger partial charge in [0.15, 0.2) is 5.78 Å². The molecule has 0 saturated carbocycles. The molecule has 7 unspecified atom stereocenters. The highest BCUT2D eigenvalue weighted by Crippen LogP contribution is 2.55. The molecule has 0 bridgehead atoms. The van der Waals surface area contributed by atoms with E-state index in [2.05, 4.69) is 74.4 Å². The lowest BCUT2D eigenvalue weighted by Gasteiger charge is -2.45. The Balaban J connectivity index is 1.57. The predicted octanol–water partition coefficient (Wildman–Crippen LogP) is 5.67. The van der Waals surface area contributed by atoms with Gasteiger partial charge in [-0.2, -0.15) is 0 Å². The number of aliphatic hydroxyl groups excluding tert-OH is 1. The number of rotatable bonds is 2. The summed E-state index contributed by atoms with van der Waals surface area (Å²) >= 11 is 0. The summed E-state index contributed by atoms with van der Waals surface area (Å²) in [4.78, 5) is 31.6. The fourth-order valence-corrected chi connectivity index (χ4v) is 7.19. The minimum atomic E-state index is -1.20. The number of amides is 1. The van der Waals surface area contributed by atoms with Gasteiger partial charge in [-0.15, -0.1) is 0 Å². The number of aromatic nitrogens is 1. The van der Waals surface area contributed by atoms with Crippen LogP contribution in [0, 0.1) is 29.1 Å². The number of ketones is 1. The van der Waals surface area contributed by atoms with Gasteiger partial charge in [-0.3, -0.25) is 9.59 Å². The Kier molecular flexibility index (Phi) is 7.01. The van der Waals surface area contributed by atoms with E-state index in [0.29, 0.717) is 18.8 Å². The molecule has 1 saturated heterocycles. The molecule has 1 spiro atoms. The lowest BCUT2D eigenvalue weighted by Crippen LogP contribution is -2.53. The van der Waals surface area contributed by atoms with Crippen LogP contribution in [0.25, 0.3) is 10.9 Å². The summed E-state index contributed by atoms with van der Waals surface area (Å²) in [6.45, 7) is 8.57. The highest BCUT2D eigenvalue weighted by atomic mass is 16.3. The number of carbonyl (C=O) groups excluding carboxylic acids is 2. The summed E-state index contributed by atoms with van der Waals surface area (Å²) in [7, 11) is 0. The van der Waals surface area contributed by atoms with Crippen LogP contribution in [-0.2, 0) is 16.0 Å². The number of carbonyl (C=O) groups is 2. The molecule has 2 aromatic rings. The number of hydrogen-bond donors (Lipinski definition) is 3. The van der Waals surface area contributed by atoms with Gasteiger partial charge >= 0.3 is 0 Å². The van der Waals surface area contributed by atoms with E-state index in [0.717, 1.165) is 29.3 Å². The Morgan fingerprint density at radius 2 is 1.89 bits per heavy atom. The molecule has 37 heavy (non-hydrogen) atoms. The Labute approximate surface area is 220 Å². The Morgan fingerprint density at radius 1 is 1.11 bits per heavy atom. The second-order valence-corrected chi connectivity index (χ2v) is 11.7. The Bertz CT molecular complexity index is 1280. The molecule has 0 radical (unpaired) electrons. The van der Waals surface area contributed by atoms with Gasteiger partial charge in [0.1, 0.15) is 5.41 Å². The minimum absolute atomic E-state index is 0.0104. The van der Waals surface area contributed by atoms with Crippen molar-refractivity contribution in [1.82, 2.24) is 10.3 Å². The summed E-state index contributed by atoms with van der Waals surface area (Å²) in [6, 6.07) is 8.04. The molecule has 2 heterocycles. The van der Waals surface area contributed by atoms with Crippen molar-refractivity contribution in [3.63, 3.8) is 0 Å². The molecule has 5 heteroatoms. The minimum Gasteiger partial charge on any atom is -0.393 e. The van der Waals surface area contributed by atoms with Crippen molar-refractivity contribution >= 4 is 22.6 Å². The van der Waals surface area contributed by atoms with Crippen LogP contribution in [0.15, 0.2) is 65.9 Å². The van der Waals surface area contributed by atoms with Gasteiger partial charge in [-0.25, -0.2) is 0 Å². The van der Waals surface area contributed by atoms with Crippen LogP contribution in [0.2, 0.25) is 0 Å². The molecule has 3 aliphatic rings. The topological polar surface area (TPSA) is 82.2 Å². The normalized spacial score (nSPS) is 34.9. The predicted molar refractivity (Wildman–Crippen MR) is 148 cm³/mol. The number of allylic oxidation sites excluding steroid dienone is 6. The number of Topliss-reactive ketones (excluding diaryl/α,β-unsaturated/α-hetero) is 1. The van der Waals surface area contributed by atoms with Crippen molar-refractivity contribution < 1.29 is 14.7 Å². The van der Waals surface area contributed by atoms with Crippen molar-refractivity contribution in [3.05, 3.63) is 71.5 Å². The highest BCUT2D eigenvalue weighted by Gasteiger charge is 2.65. The van der Waals surface area contributed by atoms with Crippen molar-refractivity contribution in [1.29, 1.82) is 0 Å². The summed E-state index contributed by atoms with van der Waals surface area (Å²) in [5.74, 6) is -0.380. The van der Waals surface area contributed by atoms with Gasteiger partial charge in [-0.05, 0) is 63.0 Å². The molecule has 2 aliphatic carbocycles. The Morgan fingerprint density at radius 3 is 2.70 bits per heavy atom. The zero-order valence-electron chi connectivity index (χ0n) is 22.5. The fourth-order valence-electron chi connectivity index (χ4n) is 7.19. The number of benzene rings is 1. The molecule has 1 amide bonds. The van der Waals surface area contributed by atoms with E-state index in [9.17, 15) is 14.7 Å². The molecular weight excluding hydrogens is 460 g/mol. The van der Waals surface area contributed by atoms with Gasteiger partial charge in [0, 0.05) is 41.4 Å². The van der Waals surface area contributed by atoms with Gasteiger partial charge in [0.05, 0.1) is 6.10 Å². The number of aliphatic hydroxyl groups is 1. The lowest BCUT2D eigenvalue weighted by molar-refractivity contribution is -0.146. The summed E-state index contributed by atoms with van der Waals surface area (Å²) in [6.07, 6.45) is 12.7. The zero-order valence-corrected chi connectivity index (χ0v) is 22.5. The van der Waals surface area contributed by atoms with Crippen LogP contribution in [0.3, 0.4) is 0 Å². The van der Waals surface area contributed by atoms with Crippen molar-refractivity contribution in [2.75, 3.05) is 0 Å². The first-order valence-corrected chi connectivity index (χ1v) is 13.8. The lowest BCUT2D eigenvalue weighted by atomic mass is 9.54. The van der Waals surface area contributed by atoms with E-state index >= 15 is 0 Å². The van der Waals surface area contributed by atoms with Gasteiger partial charge in [0.25, 0.3) is 0 Å². The smallest absolute Gasteiger partial charge is 0.235 e. The maximum atomic E-state index is 14.2. The molecule has 7 atom stereocenters. The number of aromatic amines is 1. The van der Waals surface area contributed by atoms with Crippen LogP contribution in [0.1, 0.15) is 58.9 Å². The van der Waals surface area contributed by atoms with Gasteiger partial charge in [0.2, 0.25) is 5.91 Å². The Hall–Kier alpha value is -2.92. The molecule has 1 fully saturated rings. The van der Waals surface area contributed by atoms with E-state index in [-0.39, 0.29) is 41.9 Å². The van der Waals surface area contributed by atoms with Crippen molar-refractivity contribution in [2.45, 2.75) is 71.9 Å². The molecule has 5 nitrogen and oxygen atoms in total. The third-order valence-electron chi connectivity index (χ3n) is 9.17. The number of H-pyrrole nitrogens is 1. The molecule has 1 aromatic carbocycles. The maximum Gasteiger partial charge on any atom is 0.235 e. The second kappa shape index (κ2) is 10.1. The molecule has 5 rings (SSSR count). The van der Waals surface area contributed by atoms with Crippen LogP contribution >= 0.6 is 0 Å². The molecule has 3 N–H and O–H groups in total. The summed E-state index contributed by atoms with van der Waals surface area (Å²) in [5.41, 5.74) is 3.48. The second-order valence-electron chi connectivity index (χ2n) is 11.7. The van der Waals surface area contributed by atoms with E-state index in [1.165, 1.54) is 11.1 Å². The fraction of sp³-hybridized carbons (Fsp3) is 0.500. The maximum absolute atomic E-state index is 14.2. The van der Waals surface area contributed by atoms with E-state index in [1.807, 2.05) is 18.3 Å². The van der Waals surface area contributed by atoms with E-state index in [4.69, 9.17) is 0 Å². The van der Waals surface area contributed by atoms with Crippen LogP contribution in [0.4, 0.5) is 0 Å². The number of para-hydroxylation sites is 1.